The summed E-state index contributed by atoms with van der Waals surface area (Å²) >= 11 is 0. The minimum Gasteiger partial charge on any atom is -0.468 e. The number of nitrogens with one attached hydrogen (secondary N) is 1. The topological polar surface area (TPSA) is 98.8 Å². The van der Waals surface area contributed by atoms with Gasteiger partial charge in [-0.3, -0.25) is 24.5 Å². The number of amides is 2. The van der Waals surface area contributed by atoms with E-state index < -0.39 is 29.2 Å². The van der Waals surface area contributed by atoms with Crippen molar-refractivity contribution in [3.8, 4) is 0 Å². The van der Waals surface area contributed by atoms with Crippen molar-refractivity contribution < 1.29 is 28.7 Å². The Bertz CT molecular complexity index is 460. The van der Waals surface area contributed by atoms with Gasteiger partial charge in [0.15, 0.2) is 5.41 Å². The van der Waals surface area contributed by atoms with Gasteiger partial charge < -0.3 is 9.47 Å². The highest BCUT2D eigenvalue weighted by Gasteiger charge is 2.57. The van der Waals surface area contributed by atoms with E-state index in [1.54, 1.807) is 0 Å². The van der Waals surface area contributed by atoms with E-state index in [1.165, 1.54) is 0 Å². The van der Waals surface area contributed by atoms with Gasteiger partial charge in [0.2, 0.25) is 0 Å². The molecule has 0 fully saturated rings. The molecule has 0 radical (unpaired) electrons. The van der Waals surface area contributed by atoms with Gasteiger partial charge in [-0.05, 0) is 0 Å². The Kier molecular flexibility index (Phi) is 2.68. The van der Waals surface area contributed by atoms with Crippen LogP contribution in [-0.2, 0) is 28.7 Å². The number of hydrogen-bond acceptors (Lipinski definition) is 6. The van der Waals surface area contributed by atoms with Crippen molar-refractivity contribution in [1.29, 1.82) is 0 Å². The summed E-state index contributed by atoms with van der Waals surface area (Å²) in [6, 6.07) is 0. The van der Waals surface area contributed by atoms with Crippen molar-refractivity contribution in [1.82, 2.24) is 5.32 Å². The second-order valence-corrected chi connectivity index (χ2v) is 4.16. The van der Waals surface area contributed by atoms with Gasteiger partial charge in [0, 0.05) is 24.0 Å². The average molecular weight is 253 g/mol. The normalized spacial score (nSPS) is 20.6. The van der Waals surface area contributed by atoms with Gasteiger partial charge in [-0.1, -0.05) is 0 Å². The van der Waals surface area contributed by atoms with Crippen LogP contribution in [0.4, 0.5) is 0 Å². The Morgan fingerprint density at radius 1 is 1.00 bits per heavy atom. The second kappa shape index (κ2) is 3.94. The number of imide groups is 1. The maximum absolute atomic E-state index is 11.8. The van der Waals surface area contributed by atoms with Gasteiger partial charge in [0.1, 0.15) is 0 Å². The summed E-state index contributed by atoms with van der Waals surface area (Å²) in [4.78, 5) is 46.5. The molecule has 1 N–H and O–H groups in total. The smallest absolute Gasteiger partial charge is 0.323 e. The molecule has 0 spiro atoms. The summed E-state index contributed by atoms with van der Waals surface area (Å²) in [6.07, 6.45) is -0.335. The molecule has 7 nitrogen and oxygen atoms in total. The lowest BCUT2D eigenvalue weighted by atomic mass is 9.83. The fourth-order valence-electron chi connectivity index (χ4n) is 2.33. The van der Waals surface area contributed by atoms with E-state index in [0.29, 0.717) is 0 Å². The second-order valence-electron chi connectivity index (χ2n) is 4.16. The van der Waals surface area contributed by atoms with Crippen molar-refractivity contribution in [3.05, 3.63) is 11.1 Å². The van der Waals surface area contributed by atoms with E-state index in [1.807, 2.05) is 0 Å². The van der Waals surface area contributed by atoms with Crippen LogP contribution in [0, 0.1) is 5.41 Å². The fraction of sp³-hybridized carbons (Fsp3) is 0.455. The summed E-state index contributed by atoms with van der Waals surface area (Å²) < 4.78 is 9.17. The lowest BCUT2D eigenvalue weighted by Gasteiger charge is -2.23. The number of carbonyl (C=O) groups excluding carboxylic acids is 4. The van der Waals surface area contributed by atoms with E-state index in [4.69, 9.17) is 0 Å². The van der Waals surface area contributed by atoms with Crippen LogP contribution >= 0.6 is 0 Å². The van der Waals surface area contributed by atoms with Crippen LogP contribution < -0.4 is 5.32 Å². The summed E-state index contributed by atoms with van der Waals surface area (Å²) in [5, 5.41) is 2.11. The van der Waals surface area contributed by atoms with E-state index in [2.05, 4.69) is 14.8 Å². The highest BCUT2D eigenvalue weighted by Crippen LogP contribution is 2.45. The number of esters is 2. The molecule has 0 atom stereocenters. The Morgan fingerprint density at radius 2 is 1.39 bits per heavy atom. The minimum atomic E-state index is -1.61. The van der Waals surface area contributed by atoms with Crippen molar-refractivity contribution in [3.63, 3.8) is 0 Å². The molecule has 0 bridgehead atoms. The van der Waals surface area contributed by atoms with Crippen molar-refractivity contribution >= 4 is 23.8 Å². The molecule has 0 unspecified atom stereocenters. The highest BCUT2D eigenvalue weighted by atomic mass is 16.5. The van der Waals surface area contributed by atoms with Crippen LogP contribution in [-0.4, -0.2) is 38.0 Å². The van der Waals surface area contributed by atoms with Crippen LogP contribution in [0.5, 0.6) is 0 Å². The Balaban J connectivity index is 2.40. The van der Waals surface area contributed by atoms with E-state index in [0.717, 1.165) is 14.2 Å². The molecular weight excluding hydrogens is 242 g/mol. The fourth-order valence-corrected chi connectivity index (χ4v) is 2.33. The van der Waals surface area contributed by atoms with Gasteiger partial charge in [-0.15, -0.1) is 0 Å². The van der Waals surface area contributed by atoms with Gasteiger partial charge in [0.05, 0.1) is 14.2 Å². The first-order chi connectivity index (χ1) is 8.46. The highest BCUT2D eigenvalue weighted by molar-refractivity contribution is 6.22. The first-order valence-corrected chi connectivity index (χ1v) is 5.21. The molecule has 0 aromatic carbocycles. The SMILES string of the molecule is COC(=O)C1(C(=O)OC)CC2=C(C1)C(=O)NC2=O. The van der Waals surface area contributed by atoms with E-state index in [9.17, 15) is 19.2 Å². The third-order valence-corrected chi connectivity index (χ3v) is 3.25. The minimum absolute atomic E-state index is 0.163. The number of rotatable bonds is 2. The summed E-state index contributed by atoms with van der Waals surface area (Å²) in [5.41, 5.74) is -1.28. The van der Waals surface area contributed by atoms with Gasteiger partial charge in [-0.25, -0.2) is 0 Å². The third-order valence-electron chi connectivity index (χ3n) is 3.25. The quantitative estimate of drug-likeness (QED) is 0.387. The third kappa shape index (κ3) is 1.43. The zero-order valence-corrected chi connectivity index (χ0v) is 9.86. The summed E-state index contributed by atoms with van der Waals surface area (Å²) in [5.74, 6) is -2.73. The maximum Gasteiger partial charge on any atom is 0.323 e. The first-order valence-electron chi connectivity index (χ1n) is 5.21. The molecule has 1 aliphatic heterocycles. The van der Waals surface area contributed by atoms with Crippen molar-refractivity contribution in [2.75, 3.05) is 14.2 Å². The Hall–Kier alpha value is -2.18. The van der Waals surface area contributed by atoms with Crippen molar-refractivity contribution in [2.24, 2.45) is 5.41 Å². The molecule has 18 heavy (non-hydrogen) atoms. The first kappa shape index (κ1) is 12.3. The van der Waals surface area contributed by atoms with Gasteiger partial charge >= 0.3 is 11.9 Å². The maximum atomic E-state index is 11.8. The largest absolute Gasteiger partial charge is 0.468 e. The standard InChI is InChI=1S/C11H11NO6/c1-17-9(15)11(10(16)18-2)3-5-6(4-11)8(14)12-7(5)13/h3-4H2,1-2H3,(H,12,13,14). The molecule has 2 amide bonds. The number of carbonyl (C=O) groups is 4. The van der Waals surface area contributed by atoms with E-state index >= 15 is 0 Å². The molecule has 2 aliphatic rings. The monoisotopic (exact) mass is 253 g/mol. The Labute approximate surface area is 102 Å². The number of methoxy groups -OCH3 is 2. The molecule has 0 aromatic rings. The lowest BCUT2D eigenvalue weighted by Crippen LogP contribution is -2.42. The summed E-state index contributed by atoms with van der Waals surface area (Å²) in [6.45, 7) is 0. The molecule has 0 aromatic heterocycles. The van der Waals surface area contributed by atoms with Crippen LogP contribution in [0.2, 0.25) is 0 Å². The lowest BCUT2D eigenvalue weighted by molar-refractivity contribution is -0.168. The van der Waals surface area contributed by atoms with Crippen LogP contribution in [0.15, 0.2) is 11.1 Å². The van der Waals surface area contributed by atoms with Crippen LogP contribution in [0.1, 0.15) is 12.8 Å². The zero-order valence-electron chi connectivity index (χ0n) is 9.86. The molecule has 0 saturated heterocycles. The predicted octanol–water partition coefficient (Wildman–Crippen LogP) is -0.934. The van der Waals surface area contributed by atoms with E-state index in [-0.39, 0.29) is 24.0 Å². The molecule has 1 heterocycles. The Morgan fingerprint density at radius 3 is 1.72 bits per heavy atom. The number of ether oxygens (including phenoxy) is 2. The predicted molar refractivity (Wildman–Crippen MR) is 55.9 cm³/mol. The molecule has 0 saturated carbocycles. The van der Waals surface area contributed by atoms with Gasteiger partial charge in [0.25, 0.3) is 11.8 Å². The molecular formula is C11H11NO6. The number of hydrogen-bond donors (Lipinski definition) is 1. The zero-order chi connectivity index (χ0) is 13.5. The van der Waals surface area contributed by atoms with Crippen LogP contribution in [0.25, 0.3) is 0 Å². The molecule has 2 rings (SSSR count). The van der Waals surface area contributed by atoms with Crippen LogP contribution in [0.3, 0.4) is 0 Å². The molecule has 1 aliphatic carbocycles. The van der Waals surface area contributed by atoms with Crippen molar-refractivity contribution in [2.45, 2.75) is 12.8 Å². The average Bonchev–Trinajstić information content (AvgIpc) is 2.88. The molecule has 96 valence electrons. The summed E-state index contributed by atoms with van der Waals surface area (Å²) in [7, 11) is 2.27. The molecule has 7 heteroatoms. The van der Waals surface area contributed by atoms with Gasteiger partial charge in [-0.2, -0.15) is 0 Å².